The van der Waals surface area contributed by atoms with Crippen molar-refractivity contribution in [2.75, 3.05) is 19.0 Å². The number of hydrogen-bond donors (Lipinski definition) is 1. The first-order valence-electron chi connectivity index (χ1n) is 6.53. The lowest BCUT2D eigenvalue weighted by atomic mass is 10.2. The van der Waals surface area contributed by atoms with E-state index in [9.17, 15) is 0 Å². The molecular weight excluding hydrogens is 272 g/mol. The van der Waals surface area contributed by atoms with E-state index >= 15 is 0 Å². The van der Waals surface area contributed by atoms with Gasteiger partial charge < -0.3 is 10.2 Å². The largest absolute Gasteiger partial charge is 0.354 e. The van der Waals surface area contributed by atoms with E-state index in [4.69, 9.17) is 11.6 Å². The zero-order chi connectivity index (χ0) is 14.5. The molecule has 4 nitrogen and oxygen atoms in total. The number of aryl methyl sites for hydroxylation is 1. The van der Waals surface area contributed by atoms with Crippen molar-refractivity contribution in [2.24, 2.45) is 0 Å². The van der Waals surface area contributed by atoms with E-state index in [0.717, 1.165) is 35.9 Å². The SMILES string of the molecule is CNCc1cc(N(C)Cc2cccc(C)n2)ncc1Cl. The summed E-state index contributed by atoms with van der Waals surface area (Å²) in [4.78, 5) is 11.0. The summed E-state index contributed by atoms with van der Waals surface area (Å²) >= 11 is 6.13. The molecule has 0 aliphatic carbocycles. The third-order valence-electron chi connectivity index (χ3n) is 3.02. The Morgan fingerprint density at radius 3 is 2.85 bits per heavy atom. The first kappa shape index (κ1) is 14.8. The summed E-state index contributed by atoms with van der Waals surface area (Å²) < 4.78 is 0. The highest BCUT2D eigenvalue weighted by atomic mass is 35.5. The molecule has 0 spiro atoms. The Labute approximate surface area is 124 Å². The van der Waals surface area contributed by atoms with Crippen LogP contribution in [-0.4, -0.2) is 24.1 Å². The molecule has 2 aromatic heterocycles. The van der Waals surface area contributed by atoms with Crippen molar-refractivity contribution in [3.63, 3.8) is 0 Å². The van der Waals surface area contributed by atoms with Crippen molar-refractivity contribution in [1.82, 2.24) is 15.3 Å². The van der Waals surface area contributed by atoms with Gasteiger partial charge in [-0.05, 0) is 37.7 Å². The second-order valence-electron chi connectivity index (χ2n) is 4.79. The zero-order valence-corrected chi connectivity index (χ0v) is 12.8. The maximum Gasteiger partial charge on any atom is 0.128 e. The van der Waals surface area contributed by atoms with Gasteiger partial charge in [0.05, 0.1) is 17.3 Å². The highest BCUT2D eigenvalue weighted by Gasteiger charge is 2.08. The van der Waals surface area contributed by atoms with Crippen LogP contribution in [0.3, 0.4) is 0 Å². The minimum Gasteiger partial charge on any atom is -0.354 e. The van der Waals surface area contributed by atoms with Crippen LogP contribution in [0.5, 0.6) is 0 Å². The highest BCUT2D eigenvalue weighted by Crippen LogP contribution is 2.20. The summed E-state index contributed by atoms with van der Waals surface area (Å²) in [6.45, 7) is 3.44. The number of rotatable bonds is 5. The molecule has 106 valence electrons. The lowest BCUT2D eigenvalue weighted by molar-refractivity contribution is 0.809. The minimum absolute atomic E-state index is 0.685. The quantitative estimate of drug-likeness (QED) is 0.919. The number of aromatic nitrogens is 2. The van der Waals surface area contributed by atoms with Gasteiger partial charge in [-0.25, -0.2) is 4.98 Å². The molecule has 1 N–H and O–H groups in total. The molecular formula is C15H19ClN4. The molecule has 0 aliphatic heterocycles. The maximum absolute atomic E-state index is 6.13. The summed E-state index contributed by atoms with van der Waals surface area (Å²) in [6, 6.07) is 8.05. The van der Waals surface area contributed by atoms with Gasteiger partial charge in [-0.3, -0.25) is 4.98 Å². The Hall–Kier alpha value is -1.65. The van der Waals surface area contributed by atoms with Gasteiger partial charge in [-0.15, -0.1) is 0 Å². The fraction of sp³-hybridized carbons (Fsp3) is 0.333. The van der Waals surface area contributed by atoms with Crippen LogP contribution < -0.4 is 10.2 Å². The molecule has 2 aromatic rings. The summed E-state index contributed by atoms with van der Waals surface area (Å²) in [7, 11) is 3.90. The van der Waals surface area contributed by atoms with E-state index in [1.807, 2.05) is 45.3 Å². The van der Waals surface area contributed by atoms with E-state index in [0.29, 0.717) is 5.02 Å². The summed E-state index contributed by atoms with van der Waals surface area (Å²) in [6.07, 6.45) is 1.70. The molecule has 0 unspecified atom stereocenters. The molecule has 0 saturated carbocycles. The number of hydrogen-bond acceptors (Lipinski definition) is 4. The lowest BCUT2D eigenvalue weighted by Gasteiger charge is -2.19. The Morgan fingerprint density at radius 1 is 1.35 bits per heavy atom. The molecule has 20 heavy (non-hydrogen) atoms. The number of nitrogens with zero attached hydrogens (tertiary/aromatic N) is 3. The number of nitrogens with one attached hydrogen (secondary N) is 1. The topological polar surface area (TPSA) is 41.0 Å². The Morgan fingerprint density at radius 2 is 2.15 bits per heavy atom. The van der Waals surface area contributed by atoms with Gasteiger partial charge >= 0.3 is 0 Å². The second kappa shape index (κ2) is 6.68. The monoisotopic (exact) mass is 290 g/mol. The molecule has 2 rings (SSSR count). The van der Waals surface area contributed by atoms with E-state index < -0.39 is 0 Å². The van der Waals surface area contributed by atoms with Crippen LogP contribution in [-0.2, 0) is 13.1 Å². The van der Waals surface area contributed by atoms with Crippen molar-refractivity contribution in [2.45, 2.75) is 20.0 Å². The molecule has 0 fully saturated rings. The van der Waals surface area contributed by atoms with Crippen molar-refractivity contribution in [3.05, 3.63) is 52.4 Å². The molecule has 0 radical (unpaired) electrons. The van der Waals surface area contributed by atoms with Crippen LogP contribution in [0.15, 0.2) is 30.5 Å². The van der Waals surface area contributed by atoms with Gasteiger partial charge in [0.15, 0.2) is 0 Å². The normalized spacial score (nSPS) is 10.6. The maximum atomic E-state index is 6.13. The van der Waals surface area contributed by atoms with Gasteiger partial charge in [0.1, 0.15) is 5.82 Å². The van der Waals surface area contributed by atoms with Gasteiger partial charge in [-0.2, -0.15) is 0 Å². The summed E-state index contributed by atoms with van der Waals surface area (Å²) in [5, 5.41) is 3.79. The molecule has 0 atom stereocenters. The van der Waals surface area contributed by atoms with Crippen LogP contribution >= 0.6 is 11.6 Å². The van der Waals surface area contributed by atoms with Crippen molar-refractivity contribution >= 4 is 17.4 Å². The van der Waals surface area contributed by atoms with Crippen LogP contribution in [0.25, 0.3) is 0 Å². The standard InChI is InChI=1S/C15H19ClN4/c1-11-5-4-6-13(19-11)10-20(3)15-7-12(8-17-2)14(16)9-18-15/h4-7,9,17H,8,10H2,1-3H3. The summed E-state index contributed by atoms with van der Waals surface area (Å²) in [5.74, 6) is 0.892. The highest BCUT2D eigenvalue weighted by molar-refractivity contribution is 6.31. The molecule has 0 amide bonds. The van der Waals surface area contributed by atoms with Crippen molar-refractivity contribution < 1.29 is 0 Å². The number of pyridine rings is 2. The predicted octanol–water partition coefficient (Wildman–Crippen LogP) is 2.79. The van der Waals surface area contributed by atoms with Crippen LogP contribution in [0, 0.1) is 6.92 Å². The molecule has 0 bridgehead atoms. The summed E-state index contributed by atoms with van der Waals surface area (Å²) in [5.41, 5.74) is 3.10. The molecule has 2 heterocycles. The minimum atomic E-state index is 0.685. The Kier molecular flexibility index (Phi) is 4.93. The van der Waals surface area contributed by atoms with E-state index in [-0.39, 0.29) is 0 Å². The molecule has 5 heteroatoms. The first-order chi connectivity index (χ1) is 9.60. The zero-order valence-electron chi connectivity index (χ0n) is 12.0. The van der Waals surface area contributed by atoms with Crippen LogP contribution in [0.4, 0.5) is 5.82 Å². The fourth-order valence-electron chi connectivity index (χ4n) is 2.01. The second-order valence-corrected chi connectivity index (χ2v) is 5.20. The third kappa shape index (κ3) is 3.68. The van der Waals surface area contributed by atoms with E-state index in [1.165, 1.54) is 0 Å². The van der Waals surface area contributed by atoms with E-state index in [2.05, 4.69) is 20.2 Å². The van der Waals surface area contributed by atoms with Gasteiger partial charge in [0, 0.05) is 25.5 Å². The van der Waals surface area contributed by atoms with Crippen LogP contribution in [0.1, 0.15) is 17.0 Å². The average Bonchev–Trinajstić information content (AvgIpc) is 2.41. The van der Waals surface area contributed by atoms with Crippen molar-refractivity contribution in [1.29, 1.82) is 0 Å². The first-order valence-corrected chi connectivity index (χ1v) is 6.90. The van der Waals surface area contributed by atoms with Crippen molar-refractivity contribution in [3.8, 4) is 0 Å². The van der Waals surface area contributed by atoms with Gasteiger partial charge in [0.2, 0.25) is 0 Å². The Bertz CT molecular complexity index is 586. The molecule has 0 saturated heterocycles. The lowest BCUT2D eigenvalue weighted by Crippen LogP contribution is -2.19. The average molecular weight is 291 g/mol. The van der Waals surface area contributed by atoms with Gasteiger partial charge in [-0.1, -0.05) is 17.7 Å². The predicted molar refractivity (Wildman–Crippen MR) is 83.1 cm³/mol. The Balaban J connectivity index is 2.16. The smallest absolute Gasteiger partial charge is 0.128 e. The fourth-order valence-corrected chi connectivity index (χ4v) is 2.18. The molecule has 0 aromatic carbocycles. The molecule has 0 aliphatic rings. The van der Waals surface area contributed by atoms with Gasteiger partial charge in [0.25, 0.3) is 0 Å². The van der Waals surface area contributed by atoms with E-state index in [1.54, 1.807) is 6.20 Å². The number of halogens is 1. The van der Waals surface area contributed by atoms with Crippen LogP contribution in [0.2, 0.25) is 5.02 Å². The number of anilines is 1. The third-order valence-corrected chi connectivity index (χ3v) is 3.36.